The van der Waals surface area contributed by atoms with Gasteiger partial charge < -0.3 is 9.64 Å². The van der Waals surface area contributed by atoms with E-state index in [1.165, 1.54) is 0 Å². The highest BCUT2D eigenvalue weighted by Crippen LogP contribution is 2.54. The number of anilines is 1. The van der Waals surface area contributed by atoms with E-state index in [-0.39, 0.29) is 5.91 Å². The van der Waals surface area contributed by atoms with E-state index in [9.17, 15) is 4.79 Å². The van der Waals surface area contributed by atoms with E-state index in [4.69, 9.17) is 9.84 Å². The molecule has 5 nitrogen and oxygen atoms in total. The normalized spacial score (nSPS) is 18.7. The molecule has 2 aliphatic heterocycles. The van der Waals surface area contributed by atoms with Crippen LogP contribution in [-0.2, 0) is 10.2 Å². The second-order valence-corrected chi connectivity index (χ2v) is 7.75. The van der Waals surface area contributed by atoms with E-state index < -0.39 is 5.41 Å². The average molecular weight is 405 g/mol. The summed E-state index contributed by atoms with van der Waals surface area (Å²) in [6.07, 6.45) is 3.48. The molecule has 1 aromatic heterocycles. The van der Waals surface area contributed by atoms with Crippen molar-refractivity contribution in [3.63, 3.8) is 0 Å². The van der Waals surface area contributed by atoms with E-state index in [0.717, 1.165) is 33.8 Å². The number of nitrogens with zero attached hydrogens (tertiary/aromatic N) is 3. The van der Waals surface area contributed by atoms with Gasteiger partial charge in [-0.05, 0) is 24.3 Å². The van der Waals surface area contributed by atoms with Crippen LogP contribution in [0.2, 0.25) is 0 Å². The van der Waals surface area contributed by atoms with Gasteiger partial charge in [-0.1, -0.05) is 66.7 Å². The van der Waals surface area contributed by atoms with Gasteiger partial charge in [-0.2, -0.15) is 9.78 Å². The molecule has 0 radical (unpaired) electrons. The molecule has 0 N–H and O–H groups in total. The predicted octanol–water partition coefficient (Wildman–Crippen LogP) is 4.71. The number of carbonyl (C=O) groups is 1. The zero-order valence-electron chi connectivity index (χ0n) is 16.9. The van der Waals surface area contributed by atoms with Gasteiger partial charge in [-0.3, -0.25) is 4.79 Å². The Hall–Kier alpha value is -4.12. The summed E-state index contributed by atoms with van der Waals surface area (Å²) < 4.78 is 7.83. The first-order valence-electron chi connectivity index (χ1n) is 10.2. The van der Waals surface area contributed by atoms with E-state index in [1.54, 1.807) is 15.8 Å². The van der Waals surface area contributed by atoms with Gasteiger partial charge >= 0.3 is 0 Å². The van der Waals surface area contributed by atoms with Crippen molar-refractivity contribution >= 4 is 11.6 Å². The first-order chi connectivity index (χ1) is 15.2. The summed E-state index contributed by atoms with van der Waals surface area (Å²) >= 11 is 0. The summed E-state index contributed by atoms with van der Waals surface area (Å²) in [6, 6.07) is 27.7. The fourth-order valence-corrected chi connectivity index (χ4v) is 4.68. The van der Waals surface area contributed by atoms with Crippen molar-refractivity contribution in [1.82, 2.24) is 9.78 Å². The zero-order chi connectivity index (χ0) is 21.0. The van der Waals surface area contributed by atoms with Crippen molar-refractivity contribution in [2.24, 2.45) is 0 Å². The van der Waals surface area contributed by atoms with Crippen molar-refractivity contribution in [3.05, 3.63) is 108 Å². The van der Waals surface area contributed by atoms with Gasteiger partial charge in [-0.15, -0.1) is 0 Å². The van der Waals surface area contributed by atoms with Crippen molar-refractivity contribution in [1.29, 1.82) is 0 Å². The van der Waals surface area contributed by atoms with E-state index in [2.05, 4.69) is 0 Å². The highest BCUT2D eigenvalue weighted by Gasteiger charge is 2.55. The van der Waals surface area contributed by atoms with Crippen molar-refractivity contribution < 1.29 is 9.53 Å². The van der Waals surface area contributed by atoms with Crippen LogP contribution in [0.25, 0.3) is 16.9 Å². The van der Waals surface area contributed by atoms with E-state index >= 15 is 0 Å². The van der Waals surface area contributed by atoms with Crippen molar-refractivity contribution in [3.8, 4) is 22.8 Å². The summed E-state index contributed by atoms with van der Waals surface area (Å²) in [5.41, 5.74) is 4.17. The highest BCUT2D eigenvalue weighted by molar-refractivity contribution is 6.13. The number of rotatable bonds is 2. The molecule has 1 atom stereocenters. The number of para-hydroxylation sites is 2. The number of benzene rings is 3. The van der Waals surface area contributed by atoms with Crippen LogP contribution in [0.3, 0.4) is 0 Å². The van der Waals surface area contributed by atoms with Crippen LogP contribution in [0.15, 0.2) is 97.3 Å². The molecule has 6 rings (SSSR count). The third-order valence-electron chi connectivity index (χ3n) is 6.12. The third-order valence-corrected chi connectivity index (χ3v) is 6.12. The Kier molecular flexibility index (Phi) is 3.68. The smallest absolute Gasteiger partial charge is 0.246 e. The van der Waals surface area contributed by atoms with Crippen LogP contribution in [0.4, 0.5) is 5.69 Å². The molecule has 2 aliphatic rings. The van der Waals surface area contributed by atoms with E-state index in [0.29, 0.717) is 5.88 Å². The predicted molar refractivity (Wildman–Crippen MR) is 119 cm³/mol. The Bertz CT molecular complexity index is 1340. The fourth-order valence-electron chi connectivity index (χ4n) is 4.68. The molecule has 1 spiro atoms. The maximum absolute atomic E-state index is 13.8. The maximum atomic E-state index is 13.8. The minimum Gasteiger partial charge on any atom is -0.447 e. The number of hydrogen-bond acceptors (Lipinski definition) is 3. The number of hydrogen-bond donors (Lipinski definition) is 0. The monoisotopic (exact) mass is 405 g/mol. The van der Waals surface area contributed by atoms with E-state index in [1.807, 2.05) is 98.1 Å². The molecule has 31 heavy (non-hydrogen) atoms. The second-order valence-electron chi connectivity index (χ2n) is 7.75. The van der Waals surface area contributed by atoms with Crippen LogP contribution >= 0.6 is 0 Å². The quantitative estimate of drug-likeness (QED) is 0.485. The van der Waals surface area contributed by atoms with Gasteiger partial charge in [-0.25, -0.2) is 0 Å². The lowest BCUT2D eigenvalue weighted by atomic mass is 9.73. The standard InChI is InChI=1S/C26H19N3O2/c1-28-21-15-9-8-14-20(21)26(25(28)30)16-17-31-24-22(26)23(18-10-4-2-5-11-18)27-29(24)19-12-6-3-7-13-19/h2-17H,1H3/t26-/m0/s1. The molecule has 5 heteroatoms. The minimum absolute atomic E-state index is 0.0145. The minimum atomic E-state index is -0.989. The Morgan fingerprint density at radius 3 is 2.32 bits per heavy atom. The van der Waals surface area contributed by atoms with Crippen LogP contribution in [0.1, 0.15) is 11.1 Å². The van der Waals surface area contributed by atoms with Crippen LogP contribution in [0, 0.1) is 0 Å². The average Bonchev–Trinajstić information content (AvgIpc) is 3.33. The molecule has 0 saturated heterocycles. The SMILES string of the molecule is CN1C(=O)[C@@]2(C=COc3c2c(-c2ccccc2)nn3-c2ccccc2)c2ccccc21. The molecule has 1 amide bonds. The molecule has 0 fully saturated rings. The van der Waals surface area contributed by atoms with Crippen molar-refractivity contribution in [2.45, 2.75) is 5.41 Å². The molecule has 3 heterocycles. The molecule has 150 valence electrons. The van der Waals surface area contributed by atoms with Gasteiger partial charge in [0.25, 0.3) is 0 Å². The number of ether oxygens (including phenoxy) is 1. The molecule has 0 bridgehead atoms. The topological polar surface area (TPSA) is 47.4 Å². The Morgan fingerprint density at radius 2 is 1.55 bits per heavy atom. The summed E-state index contributed by atoms with van der Waals surface area (Å²) in [7, 11) is 1.82. The van der Waals surface area contributed by atoms with Gasteiger partial charge in [0, 0.05) is 23.9 Å². The number of likely N-dealkylation sites (N-methyl/N-ethyl adjacent to an activating group) is 1. The molecular weight excluding hydrogens is 386 g/mol. The number of carbonyl (C=O) groups excluding carboxylic acids is 1. The Balaban J connectivity index is 1.72. The number of fused-ring (bicyclic) bond motifs is 4. The number of amides is 1. The molecule has 0 aliphatic carbocycles. The molecule has 4 aromatic rings. The van der Waals surface area contributed by atoms with Crippen LogP contribution < -0.4 is 9.64 Å². The number of aromatic nitrogens is 2. The first kappa shape index (κ1) is 17.7. The highest BCUT2D eigenvalue weighted by atomic mass is 16.5. The maximum Gasteiger partial charge on any atom is 0.246 e. The van der Waals surface area contributed by atoms with Crippen LogP contribution in [-0.4, -0.2) is 22.7 Å². The van der Waals surface area contributed by atoms with Gasteiger partial charge in [0.05, 0.1) is 17.5 Å². The fraction of sp³-hybridized carbons (Fsp3) is 0.0769. The summed E-state index contributed by atoms with van der Waals surface area (Å²) in [5.74, 6) is 0.547. The van der Waals surface area contributed by atoms with Gasteiger partial charge in [0.1, 0.15) is 11.1 Å². The Morgan fingerprint density at radius 1 is 0.871 bits per heavy atom. The largest absolute Gasteiger partial charge is 0.447 e. The summed E-state index contributed by atoms with van der Waals surface area (Å²) in [6.45, 7) is 0. The molecular formula is C26H19N3O2. The first-order valence-corrected chi connectivity index (χ1v) is 10.2. The summed E-state index contributed by atoms with van der Waals surface area (Å²) in [5, 5.41) is 4.96. The van der Waals surface area contributed by atoms with Crippen LogP contribution in [0.5, 0.6) is 5.88 Å². The molecule has 0 saturated carbocycles. The lowest BCUT2D eigenvalue weighted by Crippen LogP contribution is -2.39. The second kappa shape index (κ2) is 6.44. The zero-order valence-corrected chi connectivity index (χ0v) is 16.9. The lowest BCUT2D eigenvalue weighted by molar-refractivity contribution is -0.120. The molecule has 3 aromatic carbocycles. The van der Waals surface area contributed by atoms with Gasteiger partial charge in [0.2, 0.25) is 11.8 Å². The molecule has 0 unspecified atom stereocenters. The lowest BCUT2D eigenvalue weighted by Gasteiger charge is -2.28. The van der Waals surface area contributed by atoms with Crippen molar-refractivity contribution in [2.75, 3.05) is 11.9 Å². The summed E-state index contributed by atoms with van der Waals surface area (Å²) in [4.78, 5) is 15.5. The Labute approximate surface area is 179 Å². The third kappa shape index (κ3) is 2.31. The van der Waals surface area contributed by atoms with Gasteiger partial charge in [0.15, 0.2) is 0 Å².